The molecule has 0 radical (unpaired) electrons. The molecule has 0 spiro atoms. The Morgan fingerprint density at radius 1 is 1.09 bits per heavy atom. The van der Waals surface area contributed by atoms with Crippen LogP contribution in [-0.2, 0) is 0 Å². The molecule has 0 N–H and O–H groups in total. The quantitative estimate of drug-likeness (QED) is 0.475. The molecule has 0 aliphatic heterocycles. The molecular formula is C8H19B3. The minimum atomic E-state index is 1.00. The van der Waals surface area contributed by atoms with Crippen molar-refractivity contribution in [1.82, 2.24) is 0 Å². The van der Waals surface area contributed by atoms with E-state index in [0.29, 0.717) is 0 Å². The van der Waals surface area contributed by atoms with Crippen molar-refractivity contribution in [3.05, 3.63) is 0 Å². The van der Waals surface area contributed by atoms with Gasteiger partial charge in [-0.1, -0.05) is 50.2 Å². The summed E-state index contributed by atoms with van der Waals surface area (Å²) in [6.45, 7) is 0. The molecule has 0 bridgehead atoms. The predicted molar refractivity (Wildman–Crippen MR) is 59.4 cm³/mol. The first-order valence-electron chi connectivity index (χ1n) is 5.33. The van der Waals surface area contributed by atoms with Crippen molar-refractivity contribution >= 4 is 22.8 Å². The predicted octanol–water partition coefficient (Wildman–Crippen LogP) is 0.535. The molecule has 1 aliphatic rings. The van der Waals surface area contributed by atoms with Crippen LogP contribution in [0.1, 0.15) is 38.5 Å². The van der Waals surface area contributed by atoms with Crippen molar-refractivity contribution in [3.63, 3.8) is 0 Å². The Hall–Kier alpha value is 0.195. The second-order valence-corrected chi connectivity index (χ2v) is 4.25. The van der Waals surface area contributed by atoms with Crippen molar-refractivity contribution in [2.45, 2.75) is 50.2 Å². The maximum absolute atomic E-state index is 2.42. The van der Waals surface area contributed by atoms with Gasteiger partial charge in [0.05, 0.1) is 14.9 Å². The van der Waals surface area contributed by atoms with Crippen LogP contribution in [-0.4, -0.2) is 22.8 Å². The summed E-state index contributed by atoms with van der Waals surface area (Å²) in [5.41, 5.74) is 0. The van der Waals surface area contributed by atoms with E-state index in [0.717, 1.165) is 11.6 Å². The third-order valence-electron chi connectivity index (χ3n) is 3.12. The molecule has 0 nitrogen and oxygen atoms in total. The zero-order chi connectivity index (χ0) is 8.10. The Morgan fingerprint density at radius 3 is 2.55 bits per heavy atom. The lowest BCUT2D eigenvalue weighted by molar-refractivity contribution is 0.503. The van der Waals surface area contributed by atoms with E-state index in [2.05, 4.69) is 15.6 Å². The van der Waals surface area contributed by atoms with Gasteiger partial charge in [0.15, 0.2) is 0 Å². The molecule has 2 atom stereocenters. The van der Waals surface area contributed by atoms with Gasteiger partial charge in [-0.05, 0) is 0 Å². The molecule has 2 unspecified atom stereocenters. The molecule has 0 aromatic heterocycles. The van der Waals surface area contributed by atoms with Crippen LogP contribution in [0.5, 0.6) is 0 Å². The second kappa shape index (κ2) is 4.95. The first-order valence-corrected chi connectivity index (χ1v) is 5.33. The summed E-state index contributed by atoms with van der Waals surface area (Å²) in [7, 11) is 6.18. The topological polar surface area (TPSA) is 0 Å². The minimum Gasteiger partial charge on any atom is -0.0741 e. The van der Waals surface area contributed by atoms with Crippen molar-refractivity contribution in [2.75, 3.05) is 0 Å². The minimum absolute atomic E-state index is 1.00. The van der Waals surface area contributed by atoms with E-state index < -0.39 is 0 Å². The average Bonchev–Trinajstić information content (AvgIpc) is 1.96. The first kappa shape index (κ1) is 9.28. The molecule has 1 rings (SSSR count). The number of hydrogen-bond donors (Lipinski definition) is 0. The molecule has 0 heterocycles. The Bertz CT molecular complexity index is 106. The highest BCUT2D eigenvalue weighted by Crippen LogP contribution is 2.30. The standard InChI is InChI=1S/C8H19B3/c9-7-4-2-1-3-5-8(6-7)11-10/h7-8,11H,1-6,9-10H2. The second-order valence-electron chi connectivity index (χ2n) is 4.25. The summed E-state index contributed by atoms with van der Waals surface area (Å²) in [5, 5.41) is 0. The summed E-state index contributed by atoms with van der Waals surface area (Å²) in [6.07, 6.45) is 8.94. The van der Waals surface area contributed by atoms with Crippen molar-refractivity contribution in [2.24, 2.45) is 0 Å². The van der Waals surface area contributed by atoms with Gasteiger partial charge in [-0.25, -0.2) is 0 Å². The van der Waals surface area contributed by atoms with E-state index >= 15 is 0 Å². The highest BCUT2D eigenvalue weighted by atomic mass is 14.1. The molecule has 60 valence electrons. The van der Waals surface area contributed by atoms with Gasteiger partial charge in [0.1, 0.15) is 7.85 Å². The van der Waals surface area contributed by atoms with Crippen LogP contribution in [0.3, 0.4) is 0 Å². The van der Waals surface area contributed by atoms with E-state index in [4.69, 9.17) is 0 Å². The van der Waals surface area contributed by atoms with E-state index in [-0.39, 0.29) is 0 Å². The van der Waals surface area contributed by atoms with Crippen LogP contribution < -0.4 is 0 Å². The van der Waals surface area contributed by atoms with E-state index in [1.165, 1.54) is 45.7 Å². The van der Waals surface area contributed by atoms with Crippen molar-refractivity contribution < 1.29 is 0 Å². The fourth-order valence-corrected chi connectivity index (χ4v) is 2.28. The van der Waals surface area contributed by atoms with Crippen LogP contribution in [0.2, 0.25) is 11.6 Å². The summed E-state index contributed by atoms with van der Waals surface area (Å²) in [5.74, 6) is 2.05. The molecule has 0 saturated heterocycles. The zero-order valence-corrected chi connectivity index (χ0v) is 8.10. The average molecular weight is 148 g/mol. The van der Waals surface area contributed by atoms with Crippen molar-refractivity contribution in [1.29, 1.82) is 0 Å². The molecule has 0 amide bonds. The lowest BCUT2D eigenvalue weighted by Gasteiger charge is -2.22. The van der Waals surface area contributed by atoms with Gasteiger partial charge in [-0.2, -0.15) is 0 Å². The van der Waals surface area contributed by atoms with Gasteiger partial charge in [-0.3, -0.25) is 0 Å². The van der Waals surface area contributed by atoms with Crippen LogP contribution in [0.15, 0.2) is 0 Å². The van der Waals surface area contributed by atoms with E-state index in [9.17, 15) is 0 Å². The SMILES string of the molecule is BBC1CCCCCC(B)C1. The molecule has 1 fully saturated rings. The normalized spacial score (nSPS) is 33.8. The van der Waals surface area contributed by atoms with Gasteiger partial charge < -0.3 is 0 Å². The third-order valence-corrected chi connectivity index (χ3v) is 3.12. The fraction of sp³-hybridized carbons (Fsp3) is 1.00. The molecule has 3 heteroatoms. The molecule has 11 heavy (non-hydrogen) atoms. The van der Waals surface area contributed by atoms with Gasteiger partial charge in [0, 0.05) is 0 Å². The van der Waals surface area contributed by atoms with E-state index in [1.807, 2.05) is 0 Å². The monoisotopic (exact) mass is 148 g/mol. The lowest BCUT2D eigenvalue weighted by atomic mass is 9.44. The van der Waals surface area contributed by atoms with Crippen LogP contribution in [0.25, 0.3) is 0 Å². The summed E-state index contributed by atoms with van der Waals surface area (Å²) < 4.78 is 0. The largest absolute Gasteiger partial charge is 0.105 e. The summed E-state index contributed by atoms with van der Waals surface area (Å²) in [6, 6.07) is 0. The van der Waals surface area contributed by atoms with Gasteiger partial charge >= 0.3 is 0 Å². The Labute approximate surface area is 73.6 Å². The van der Waals surface area contributed by atoms with E-state index in [1.54, 1.807) is 0 Å². The van der Waals surface area contributed by atoms with Gasteiger partial charge in [-0.15, -0.1) is 0 Å². The maximum Gasteiger partial charge on any atom is 0.105 e. The molecule has 0 aromatic carbocycles. The Balaban J connectivity index is 2.29. The fourth-order valence-electron chi connectivity index (χ4n) is 2.28. The number of rotatable bonds is 1. The lowest BCUT2D eigenvalue weighted by Crippen LogP contribution is -2.10. The highest BCUT2D eigenvalue weighted by Gasteiger charge is 2.14. The number of hydrogen-bond acceptors (Lipinski definition) is 0. The van der Waals surface area contributed by atoms with Gasteiger partial charge in [0.25, 0.3) is 0 Å². The molecular weight excluding hydrogens is 129 g/mol. The maximum atomic E-state index is 2.42. The summed E-state index contributed by atoms with van der Waals surface area (Å²) in [4.78, 5) is 0. The molecule has 0 aromatic rings. The van der Waals surface area contributed by atoms with Crippen LogP contribution in [0.4, 0.5) is 0 Å². The van der Waals surface area contributed by atoms with Crippen LogP contribution in [0, 0.1) is 0 Å². The Kier molecular flexibility index (Phi) is 4.18. The van der Waals surface area contributed by atoms with Gasteiger partial charge in [0.2, 0.25) is 0 Å². The summed E-state index contributed by atoms with van der Waals surface area (Å²) >= 11 is 0. The smallest absolute Gasteiger partial charge is 0.0741 e. The molecule has 1 aliphatic carbocycles. The first-order chi connectivity index (χ1) is 5.33. The highest BCUT2D eigenvalue weighted by molar-refractivity contribution is 6.90. The zero-order valence-electron chi connectivity index (χ0n) is 8.10. The Morgan fingerprint density at radius 2 is 1.82 bits per heavy atom. The third kappa shape index (κ3) is 3.40. The molecule has 1 saturated carbocycles. The van der Waals surface area contributed by atoms with Crippen molar-refractivity contribution in [3.8, 4) is 0 Å². The van der Waals surface area contributed by atoms with Crippen LogP contribution >= 0.6 is 0 Å².